The standard InChI is InChI=1S/C26H25F4N3O5S/c1-39(37,38)17-4-2-3-13(7-17)25(36)33-20-8-14(20)9-21(33)24(35)32-23(15-10-22(34)31-12-15)18-6-5-16(11-19(18)27)26(28,29)30/h2-7,11,14-15,20-21,23H,8-10,12H2,1H3,(H,31,34)(H,32,35)/t14-,15-,20-,21-,23-/m1/s1. The third-order valence-corrected chi connectivity index (χ3v) is 8.70. The molecule has 1 aliphatic carbocycles. The van der Waals surface area contributed by atoms with Crippen LogP contribution in [0.25, 0.3) is 0 Å². The molecular weight excluding hydrogens is 542 g/mol. The fourth-order valence-electron chi connectivity index (χ4n) is 5.51. The summed E-state index contributed by atoms with van der Waals surface area (Å²) in [4.78, 5) is 40.2. The lowest BCUT2D eigenvalue weighted by molar-refractivity contribution is -0.137. The van der Waals surface area contributed by atoms with Crippen LogP contribution in [0.4, 0.5) is 17.6 Å². The first kappa shape index (κ1) is 27.1. The van der Waals surface area contributed by atoms with Crippen molar-refractivity contribution in [1.29, 1.82) is 0 Å². The molecule has 39 heavy (non-hydrogen) atoms. The highest BCUT2D eigenvalue weighted by Crippen LogP contribution is 2.48. The van der Waals surface area contributed by atoms with Gasteiger partial charge in [-0.2, -0.15) is 13.2 Å². The van der Waals surface area contributed by atoms with Gasteiger partial charge >= 0.3 is 6.18 Å². The summed E-state index contributed by atoms with van der Waals surface area (Å²) < 4.78 is 78.2. The molecule has 3 fully saturated rings. The molecule has 5 atom stereocenters. The van der Waals surface area contributed by atoms with Gasteiger partial charge in [-0.15, -0.1) is 0 Å². The molecule has 3 amide bonds. The molecule has 2 aliphatic heterocycles. The highest BCUT2D eigenvalue weighted by Gasteiger charge is 2.56. The third-order valence-electron chi connectivity index (χ3n) is 7.59. The van der Waals surface area contributed by atoms with Gasteiger partial charge in [0.2, 0.25) is 11.8 Å². The van der Waals surface area contributed by atoms with E-state index >= 15 is 0 Å². The molecule has 2 aromatic rings. The Balaban J connectivity index is 1.42. The van der Waals surface area contributed by atoms with Crippen LogP contribution in [0.3, 0.4) is 0 Å². The van der Waals surface area contributed by atoms with Crippen LogP contribution in [0.5, 0.6) is 0 Å². The van der Waals surface area contributed by atoms with E-state index in [-0.39, 0.29) is 46.9 Å². The average molecular weight is 568 g/mol. The largest absolute Gasteiger partial charge is 0.416 e. The summed E-state index contributed by atoms with van der Waals surface area (Å²) in [5.41, 5.74) is -1.28. The van der Waals surface area contributed by atoms with Crippen molar-refractivity contribution in [3.8, 4) is 0 Å². The average Bonchev–Trinajstić information content (AvgIpc) is 3.31. The Morgan fingerprint density at radius 2 is 1.87 bits per heavy atom. The summed E-state index contributed by atoms with van der Waals surface area (Å²) in [6.45, 7) is 0.0844. The van der Waals surface area contributed by atoms with Crippen LogP contribution in [-0.2, 0) is 25.6 Å². The topological polar surface area (TPSA) is 113 Å². The summed E-state index contributed by atoms with van der Waals surface area (Å²) in [5.74, 6) is -3.22. The summed E-state index contributed by atoms with van der Waals surface area (Å²) in [6, 6.07) is 5.24. The zero-order valence-electron chi connectivity index (χ0n) is 20.7. The minimum absolute atomic E-state index is 0.0443. The van der Waals surface area contributed by atoms with Gasteiger partial charge in [0.1, 0.15) is 11.9 Å². The monoisotopic (exact) mass is 567 g/mol. The zero-order chi connectivity index (χ0) is 28.3. The lowest BCUT2D eigenvalue weighted by Crippen LogP contribution is -2.49. The van der Waals surface area contributed by atoms with Gasteiger partial charge in [-0.25, -0.2) is 12.8 Å². The normalized spacial score (nSPS) is 25.2. The Labute approximate surface area is 221 Å². The van der Waals surface area contributed by atoms with Crippen LogP contribution >= 0.6 is 0 Å². The van der Waals surface area contributed by atoms with Gasteiger partial charge in [0, 0.05) is 42.3 Å². The van der Waals surface area contributed by atoms with E-state index in [2.05, 4.69) is 10.6 Å². The quantitative estimate of drug-likeness (QED) is 0.522. The number of likely N-dealkylation sites (tertiary alicyclic amines) is 1. The van der Waals surface area contributed by atoms with Crippen molar-refractivity contribution in [2.75, 3.05) is 12.8 Å². The number of nitrogens with zero attached hydrogens (tertiary/aromatic N) is 1. The number of nitrogens with one attached hydrogen (secondary N) is 2. The van der Waals surface area contributed by atoms with E-state index in [0.29, 0.717) is 18.9 Å². The van der Waals surface area contributed by atoms with Crippen molar-refractivity contribution in [1.82, 2.24) is 15.5 Å². The zero-order valence-corrected chi connectivity index (χ0v) is 21.5. The predicted octanol–water partition coefficient (Wildman–Crippen LogP) is 2.84. The van der Waals surface area contributed by atoms with E-state index in [4.69, 9.17) is 0 Å². The van der Waals surface area contributed by atoms with Gasteiger partial charge < -0.3 is 15.5 Å². The van der Waals surface area contributed by atoms with Crippen LogP contribution in [0.15, 0.2) is 47.4 Å². The summed E-state index contributed by atoms with van der Waals surface area (Å²) >= 11 is 0. The first-order valence-corrected chi connectivity index (χ1v) is 14.2. The molecule has 0 radical (unpaired) electrons. The molecule has 2 aromatic carbocycles. The maximum atomic E-state index is 15.0. The first-order valence-electron chi connectivity index (χ1n) is 12.3. The van der Waals surface area contributed by atoms with E-state index < -0.39 is 57.2 Å². The van der Waals surface area contributed by atoms with Crippen molar-refractivity contribution in [3.05, 3.63) is 65.0 Å². The second-order valence-electron chi connectivity index (χ2n) is 10.3. The predicted molar refractivity (Wildman–Crippen MR) is 129 cm³/mol. The maximum Gasteiger partial charge on any atom is 0.416 e. The van der Waals surface area contributed by atoms with Crippen molar-refractivity contribution in [3.63, 3.8) is 0 Å². The molecule has 208 valence electrons. The molecule has 8 nitrogen and oxygen atoms in total. The molecule has 1 saturated carbocycles. The number of rotatable bonds is 6. The SMILES string of the molecule is CS(=O)(=O)c1cccc(C(=O)N2[C@@H](C(=O)N[C@@H](c3ccc(C(F)(F)F)cc3F)[C@H]3CNC(=O)C3)C[C@H]3C[C@H]32)c1. The Hall–Kier alpha value is -3.48. The number of hydrogen-bond donors (Lipinski definition) is 2. The maximum absolute atomic E-state index is 15.0. The number of fused-ring (bicyclic) bond motifs is 1. The molecule has 0 aromatic heterocycles. The van der Waals surface area contributed by atoms with Gasteiger partial charge in [-0.05, 0) is 49.1 Å². The van der Waals surface area contributed by atoms with E-state index in [1.54, 1.807) is 0 Å². The van der Waals surface area contributed by atoms with E-state index in [9.17, 15) is 40.4 Å². The number of carbonyl (C=O) groups excluding carboxylic acids is 3. The molecule has 2 saturated heterocycles. The molecule has 0 spiro atoms. The number of hydrogen-bond acceptors (Lipinski definition) is 5. The van der Waals surface area contributed by atoms with E-state index in [1.165, 1.54) is 29.2 Å². The number of carbonyl (C=O) groups is 3. The second kappa shape index (κ2) is 9.61. The molecular formula is C26H25F4N3O5S. The lowest BCUT2D eigenvalue weighted by Gasteiger charge is -2.31. The highest BCUT2D eigenvalue weighted by molar-refractivity contribution is 7.90. The van der Waals surface area contributed by atoms with Crippen LogP contribution < -0.4 is 10.6 Å². The minimum atomic E-state index is -4.76. The number of sulfone groups is 1. The first-order chi connectivity index (χ1) is 18.2. The summed E-state index contributed by atoms with van der Waals surface area (Å²) in [7, 11) is -3.58. The number of benzene rings is 2. The highest BCUT2D eigenvalue weighted by atomic mass is 32.2. The fourth-order valence-corrected chi connectivity index (χ4v) is 6.18. The molecule has 2 N–H and O–H groups in total. The van der Waals surface area contributed by atoms with Gasteiger partial charge in [0.15, 0.2) is 9.84 Å². The Morgan fingerprint density at radius 1 is 1.13 bits per heavy atom. The van der Waals surface area contributed by atoms with Crippen molar-refractivity contribution < 1.29 is 40.4 Å². The fraction of sp³-hybridized carbons (Fsp3) is 0.423. The van der Waals surface area contributed by atoms with Crippen molar-refractivity contribution in [2.24, 2.45) is 11.8 Å². The number of halogens is 4. The van der Waals surface area contributed by atoms with Crippen LogP contribution in [0.1, 0.15) is 46.8 Å². The number of amides is 3. The van der Waals surface area contributed by atoms with Gasteiger partial charge in [0.25, 0.3) is 5.91 Å². The van der Waals surface area contributed by atoms with Gasteiger partial charge in [-0.1, -0.05) is 12.1 Å². The molecule has 3 aliphatic rings. The Bertz CT molecular complexity index is 1460. The number of alkyl halides is 3. The third kappa shape index (κ3) is 5.36. The lowest BCUT2D eigenvalue weighted by atomic mass is 9.90. The molecule has 13 heteroatoms. The molecule has 0 bridgehead atoms. The van der Waals surface area contributed by atoms with Crippen molar-refractivity contribution >= 4 is 27.6 Å². The van der Waals surface area contributed by atoms with Crippen molar-refractivity contribution in [2.45, 2.75) is 48.5 Å². The van der Waals surface area contributed by atoms with Gasteiger partial charge in [-0.3, -0.25) is 14.4 Å². The second-order valence-corrected chi connectivity index (χ2v) is 12.3. The summed E-state index contributed by atoms with van der Waals surface area (Å²) in [5, 5.41) is 5.30. The molecule has 0 unspecified atom stereocenters. The van der Waals surface area contributed by atoms with Crippen LogP contribution in [-0.4, -0.2) is 55.9 Å². The Morgan fingerprint density at radius 3 is 2.49 bits per heavy atom. The molecule has 5 rings (SSSR count). The molecule has 2 heterocycles. The van der Waals surface area contributed by atoms with E-state index in [0.717, 1.165) is 18.4 Å². The summed E-state index contributed by atoms with van der Waals surface area (Å²) in [6.07, 6.45) is -2.80. The Kier molecular flexibility index (Phi) is 6.68. The van der Waals surface area contributed by atoms with Crippen LogP contribution in [0, 0.1) is 17.7 Å². The van der Waals surface area contributed by atoms with Gasteiger partial charge in [0.05, 0.1) is 16.5 Å². The van der Waals surface area contributed by atoms with E-state index in [1.807, 2.05) is 0 Å². The number of piperidine rings is 1. The van der Waals surface area contributed by atoms with Crippen LogP contribution in [0.2, 0.25) is 0 Å². The minimum Gasteiger partial charge on any atom is -0.356 e. The smallest absolute Gasteiger partial charge is 0.356 e.